The lowest BCUT2D eigenvalue weighted by molar-refractivity contribution is -0.199. The summed E-state index contributed by atoms with van der Waals surface area (Å²) in [5.74, 6) is -5.69. The van der Waals surface area contributed by atoms with Crippen LogP contribution in [0.3, 0.4) is 0 Å². The minimum Gasteiger partial charge on any atom is -0.455 e. The Hall–Kier alpha value is -2.26. The molecule has 0 radical (unpaired) electrons. The molecule has 2 rings (SSSR count). The van der Waals surface area contributed by atoms with Crippen LogP contribution in [-0.2, 0) is 33.4 Å². The monoisotopic (exact) mass is 454 g/mol. The highest BCUT2D eigenvalue weighted by Crippen LogP contribution is 2.41. The molecule has 0 bridgehead atoms. The maximum atomic E-state index is 13.3. The average molecular weight is 455 g/mol. The molecule has 2 aliphatic rings. The molecule has 2 N–H and O–H groups in total. The highest BCUT2D eigenvalue weighted by atomic mass is 16.6. The number of Topliss-reactive ketones (excluding diaryl/α,β-unsaturated/α-hetero) is 1. The second kappa shape index (κ2) is 9.70. The normalized spacial score (nSPS) is 36.0. The van der Waals surface area contributed by atoms with Gasteiger partial charge in [-0.2, -0.15) is 0 Å². The molecular weight excluding hydrogens is 420 g/mol. The van der Waals surface area contributed by atoms with Gasteiger partial charge < -0.3 is 24.4 Å². The van der Waals surface area contributed by atoms with Gasteiger partial charge in [-0.05, 0) is 13.3 Å². The molecule has 0 amide bonds. The Bertz CT molecular complexity index is 782. The van der Waals surface area contributed by atoms with Gasteiger partial charge in [0.25, 0.3) is 0 Å². The molecule has 1 saturated heterocycles. The zero-order valence-corrected chi connectivity index (χ0v) is 19.5. The second-order valence-corrected chi connectivity index (χ2v) is 9.70. The van der Waals surface area contributed by atoms with Gasteiger partial charge in [-0.3, -0.25) is 14.4 Å². The van der Waals surface area contributed by atoms with E-state index in [0.29, 0.717) is 0 Å². The van der Waals surface area contributed by atoms with Crippen LogP contribution in [0.25, 0.3) is 0 Å². The number of ketones is 1. The molecule has 1 heterocycles. The number of rotatable bonds is 4. The Kier molecular flexibility index (Phi) is 7.88. The average Bonchev–Trinajstić information content (AvgIpc) is 2.95. The van der Waals surface area contributed by atoms with Gasteiger partial charge in [0.2, 0.25) is 0 Å². The summed E-state index contributed by atoms with van der Waals surface area (Å²) in [4.78, 5) is 50.6. The molecule has 1 saturated carbocycles. The van der Waals surface area contributed by atoms with E-state index in [-0.39, 0.29) is 18.4 Å². The lowest BCUT2D eigenvalue weighted by atomic mass is 9.75. The Balaban J connectivity index is 2.63. The summed E-state index contributed by atoms with van der Waals surface area (Å²) < 4.78 is 16.5. The van der Waals surface area contributed by atoms with Crippen molar-refractivity contribution >= 4 is 23.7 Å². The first-order chi connectivity index (χ1) is 14.7. The number of carbonyl (C=O) groups is 4. The van der Waals surface area contributed by atoms with E-state index in [1.54, 1.807) is 34.6 Å². The number of hydrogen-bond donors (Lipinski definition) is 2. The predicted octanol–water partition coefficient (Wildman–Crippen LogP) is 1.33. The number of hydrogen-bond acceptors (Lipinski definition) is 9. The molecule has 2 fully saturated rings. The summed E-state index contributed by atoms with van der Waals surface area (Å²) in [6.07, 6.45) is -5.59. The summed E-state index contributed by atoms with van der Waals surface area (Å²) in [7, 11) is 0. The zero-order chi connectivity index (χ0) is 24.5. The zero-order valence-electron chi connectivity index (χ0n) is 19.5. The van der Waals surface area contributed by atoms with Gasteiger partial charge >= 0.3 is 17.9 Å². The van der Waals surface area contributed by atoms with Crippen LogP contribution >= 0.6 is 0 Å². The smallest absolute Gasteiger partial charge is 0.334 e. The van der Waals surface area contributed by atoms with Gasteiger partial charge in [-0.25, -0.2) is 4.79 Å². The van der Waals surface area contributed by atoms with Crippen molar-refractivity contribution < 1.29 is 43.6 Å². The summed E-state index contributed by atoms with van der Waals surface area (Å²) in [5, 5.41) is 21.8. The van der Waals surface area contributed by atoms with Crippen molar-refractivity contribution in [2.24, 2.45) is 23.7 Å². The molecular formula is C23H34O9. The van der Waals surface area contributed by atoms with E-state index in [0.717, 1.165) is 0 Å². The van der Waals surface area contributed by atoms with Crippen LogP contribution in [0.2, 0.25) is 0 Å². The molecule has 180 valence electrons. The van der Waals surface area contributed by atoms with Crippen LogP contribution in [0.1, 0.15) is 54.4 Å². The first kappa shape index (κ1) is 26.0. The van der Waals surface area contributed by atoms with Crippen LogP contribution < -0.4 is 0 Å². The maximum absolute atomic E-state index is 13.3. The maximum Gasteiger partial charge on any atom is 0.334 e. The first-order valence-electron chi connectivity index (χ1n) is 10.9. The predicted molar refractivity (Wildman–Crippen MR) is 112 cm³/mol. The third-order valence-corrected chi connectivity index (χ3v) is 5.97. The molecule has 9 nitrogen and oxygen atoms in total. The van der Waals surface area contributed by atoms with Crippen molar-refractivity contribution in [1.29, 1.82) is 0 Å². The van der Waals surface area contributed by atoms with Crippen LogP contribution in [-0.4, -0.2) is 63.9 Å². The third-order valence-electron chi connectivity index (χ3n) is 5.97. The number of aliphatic hydroxyl groups excluding tert-OH is 1. The van der Waals surface area contributed by atoms with E-state index >= 15 is 0 Å². The molecule has 9 heteroatoms. The van der Waals surface area contributed by atoms with E-state index in [1.165, 1.54) is 6.92 Å². The molecule has 1 aliphatic heterocycles. The van der Waals surface area contributed by atoms with Crippen molar-refractivity contribution in [2.75, 3.05) is 0 Å². The standard InChI is InChI=1S/C23H34O9/c1-10(2)20(26)30-17-15-13(6)22(28)31-18(15)19(32-21(27)11(3)4)23(7,29)9-14(24)8-12(5)16(17)25/h10-12,14-15,17-19,24,29H,6,8-9H2,1-5,7H3/t12?,14-,15?,17-,18+,19?,23+/m0/s1. The first-order valence-corrected chi connectivity index (χ1v) is 10.9. The van der Waals surface area contributed by atoms with Crippen LogP contribution in [0, 0.1) is 23.7 Å². The summed E-state index contributed by atoms with van der Waals surface area (Å²) >= 11 is 0. The second-order valence-electron chi connectivity index (χ2n) is 9.70. The molecule has 0 aromatic carbocycles. The third kappa shape index (κ3) is 5.38. The summed E-state index contributed by atoms with van der Waals surface area (Å²) in [6.45, 7) is 13.1. The van der Waals surface area contributed by atoms with Gasteiger partial charge in [-0.15, -0.1) is 0 Å². The number of fused-ring (bicyclic) bond motifs is 1. The Morgan fingerprint density at radius 2 is 1.66 bits per heavy atom. The fraction of sp³-hybridized carbons (Fsp3) is 0.739. The fourth-order valence-corrected chi connectivity index (χ4v) is 4.07. The van der Waals surface area contributed by atoms with E-state index in [9.17, 15) is 29.4 Å². The van der Waals surface area contributed by atoms with Crippen molar-refractivity contribution in [3.63, 3.8) is 0 Å². The molecule has 1 aliphatic carbocycles. The fourth-order valence-electron chi connectivity index (χ4n) is 4.07. The highest BCUT2D eigenvalue weighted by molar-refractivity contribution is 5.95. The van der Waals surface area contributed by atoms with Gasteiger partial charge in [0.05, 0.1) is 23.9 Å². The molecule has 32 heavy (non-hydrogen) atoms. The van der Waals surface area contributed by atoms with Gasteiger partial charge in [0.15, 0.2) is 24.1 Å². The molecule has 0 aromatic heterocycles. The minimum atomic E-state index is -1.81. The van der Waals surface area contributed by atoms with E-state index in [4.69, 9.17) is 14.2 Å². The Morgan fingerprint density at radius 1 is 1.12 bits per heavy atom. The summed E-state index contributed by atoms with van der Waals surface area (Å²) in [5.41, 5.74) is -1.93. The number of carbonyl (C=O) groups excluding carboxylic acids is 4. The highest BCUT2D eigenvalue weighted by Gasteiger charge is 2.57. The SMILES string of the molecule is C=C1C(=O)O[C@@H]2C1[C@H](OC(=O)C(C)C)C(=O)C(C)C[C@H](O)C[C@@](C)(O)C2OC(=O)C(C)C. The number of aliphatic hydroxyl groups is 2. The van der Waals surface area contributed by atoms with E-state index in [2.05, 4.69) is 6.58 Å². The van der Waals surface area contributed by atoms with Crippen molar-refractivity contribution in [3.05, 3.63) is 12.2 Å². The Morgan fingerprint density at radius 3 is 2.19 bits per heavy atom. The minimum absolute atomic E-state index is 0.0196. The molecule has 3 unspecified atom stereocenters. The van der Waals surface area contributed by atoms with Gasteiger partial charge in [0, 0.05) is 17.9 Å². The molecule has 0 aromatic rings. The number of ether oxygens (including phenoxy) is 3. The molecule has 0 spiro atoms. The van der Waals surface area contributed by atoms with E-state index < -0.39 is 77.4 Å². The van der Waals surface area contributed by atoms with Crippen molar-refractivity contribution in [2.45, 2.75) is 84.4 Å². The van der Waals surface area contributed by atoms with Gasteiger partial charge in [0.1, 0.15) is 5.60 Å². The Labute approximate surface area is 188 Å². The van der Waals surface area contributed by atoms with Crippen LogP contribution in [0.4, 0.5) is 0 Å². The van der Waals surface area contributed by atoms with Crippen molar-refractivity contribution in [1.82, 2.24) is 0 Å². The van der Waals surface area contributed by atoms with Crippen LogP contribution in [0.5, 0.6) is 0 Å². The van der Waals surface area contributed by atoms with Crippen molar-refractivity contribution in [3.8, 4) is 0 Å². The summed E-state index contributed by atoms with van der Waals surface area (Å²) in [6, 6.07) is 0. The lowest BCUT2D eigenvalue weighted by Gasteiger charge is -2.41. The number of esters is 3. The molecule has 7 atom stereocenters. The van der Waals surface area contributed by atoms with Crippen LogP contribution in [0.15, 0.2) is 12.2 Å². The van der Waals surface area contributed by atoms with E-state index in [1.807, 2.05) is 0 Å². The quantitative estimate of drug-likeness (QED) is 0.366. The largest absolute Gasteiger partial charge is 0.455 e. The topological polar surface area (TPSA) is 136 Å². The lowest BCUT2D eigenvalue weighted by Crippen LogP contribution is -2.57. The van der Waals surface area contributed by atoms with Gasteiger partial charge in [-0.1, -0.05) is 41.2 Å².